The monoisotopic (exact) mass is 422 g/mol. The van der Waals surface area contributed by atoms with Crippen LogP contribution in [0.3, 0.4) is 0 Å². The summed E-state index contributed by atoms with van der Waals surface area (Å²) < 4.78 is 2.28. The van der Waals surface area contributed by atoms with Crippen molar-refractivity contribution in [3.63, 3.8) is 0 Å². The number of hydrogen-bond donors (Lipinski definition) is 1. The maximum absolute atomic E-state index is 12.8. The molecule has 11 heteroatoms. The lowest BCUT2D eigenvalue weighted by atomic mass is 9.89. The predicted molar refractivity (Wildman–Crippen MR) is 89.8 cm³/mol. The first-order valence-electron chi connectivity index (χ1n) is 6.55. The van der Waals surface area contributed by atoms with Gasteiger partial charge in [0.05, 0.1) is 16.5 Å². The Hall–Kier alpha value is -0.0800. The van der Waals surface area contributed by atoms with Crippen LogP contribution in [0.15, 0.2) is 0 Å². The summed E-state index contributed by atoms with van der Waals surface area (Å²) in [5.74, 6) is -1.67. The van der Waals surface area contributed by atoms with Crippen molar-refractivity contribution in [1.29, 1.82) is 0 Å². The molecule has 2 rings (SSSR count). The van der Waals surface area contributed by atoms with E-state index in [1.807, 2.05) is 0 Å². The molecule has 2 aliphatic rings. The second-order valence-corrected chi connectivity index (χ2v) is 9.95. The van der Waals surface area contributed by atoms with E-state index in [0.717, 1.165) is 0 Å². The van der Waals surface area contributed by atoms with E-state index in [4.69, 9.17) is 51.1 Å². The fourth-order valence-corrected chi connectivity index (χ4v) is 4.94. The highest BCUT2D eigenvalue weighted by atomic mass is 35.6. The Morgan fingerprint density at radius 2 is 2.09 bits per heavy atom. The molecule has 2 aliphatic heterocycles. The number of hydrogen-bond acceptors (Lipinski definition) is 5. The van der Waals surface area contributed by atoms with Crippen LogP contribution in [0.2, 0.25) is 0 Å². The van der Waals surface area contributed by atoms with E-state index in [-0.39, 0.29) is 23.6 Å². The van der Waals surface area contributed by atoms with Gasteiger partial charge >= 0.3 is 5.97 Å². The predicted octanol–water partition coefficient (Wildman–Crippen LogP) is 2.03. The van der Waals surface area contributed by atoms with Gasteiger partial charge in [-0.1, -0.05) is 34.8 Å². The van der Waals surface area contributed by atoms with Crippen molar-refractivity contribution >= 4 is 75.9 Å². The van der Waals surface area contributed by atoms with Gasteiger partial charge in [-0.3, -0.25) is 14.5 Å². The van der Waals surface area contributed by atoms with E-state index in [1.165, 1.54) is 23.6 Å². The number of rotatable bonds is 4. The highest BCUT2D eigenvalue weighted by molar-refractivity contribution is 8.01. The van der Waals surface area contributed by atoms with Gasteiger partial charge < -0.3 is 10.1 Å². The Morgan fingerprint density at radius 3 is 2.52 bits per heavy atom. The summed E-state index contributed by atoms with van der Waals surface area (Å²) in [5.41, 5.74) is -1.73. The van der Waals surface area contributed by atoms with Crippen LogP contribution in [0.4, 0.5) is 0 Å². The molecule has 0 bridgehead atoms. The van der Waals surface area contributed by atoms with Crippen LogP contribution in [0, 0.1) is 0 Å². The van der Waals surface area contributed by atoms with Crippen LogP contribution < -0.4 is 5.32 Å². The Labute approximate surface area is 157 Å². The van der Waals surface area contributed by atoms with Gasteiger partial charge in [0.25, 0.3) is 0 Å². The minimum atomic E-state index is -1.81. The number of carbonyl (C=O) groups is 3. The Morgan fingerprint density at radius 1 is 1.48 bits per heavy atom. The first-order valence-corrected chi connectivity index (χ1v) is 9.10. The van der Waals surface area contributed by atoms with E-state index < -0.39 is 32.7 Å². The lowest BCUT2D eigenvalue weighted by Gasteiger charge is -2.47. The minimum Gasteiger partial charge on any atom is -0.458 e. The number of alkyl halides is 4. The molecule has 0 aliphatic carbocycles. The van der Waals surface area contributed by atoms with Gasteiger partial charge in [0.15, 0.2) is 0 Å². The molecule has 23 heavy (non-hydrogen) atoms. The summed E-state index contributed by atoms with van der Waals surface area (Å²) in [6.07, 6.45) is 0.260. The number of esters is 1. The second kappa shape index (κ2) is 6.33. The van der Waals surface area contributed by atoms with Gasteiger partial charge in [0, 0.05) is 12.8 Å². The van der Waals surface area contributed by atoms with Crippen molar-refractivity contribution in [2.75, 3.05) is 12.5 Å². The first kappa shape index (κ1) is 19.2. The number of thioether (sulfide) groups is 1. The molecule has 0 radical (unpaired) electrons. The van der Waals surface area contributed by atoms with Crippen molar-refractivity contribution in [3.05, 3.63) is 0 Å². The Kier molecular flexibility index (Phi) is 5.30. The molecule has 0 aromatic heterocycles. The fraction of sp³-hybridized carbons (Fsp3) is 0.750. The van der Waals surface area contributed by atoms with E-state index in [9.17, 15) is 14.4 Å². The zero-order valence-electron chi connectivity index (χ0n) is 12.2. The zero-order chi connectivity index (χ0) is 17.6. The van der Waals surface area contributed by atoms with Gasteiger partial charge in [-0.15, -0.1) is 23.4 Å². The van der Waals surface area contributed by atoms with Crippen molar-refractivity contribution < 1.29 is 19.1 Å². The van der Waals surface area contributed by atoms with Crippen LogP contribution >= 0.6 is 58.2 Å². The smallest absolute Gasteiger partial charge is 0.354 e. The number of nitrogens with one attached hydrogen (secondary N) is 1. The number of fused-ring (bicyclic) bond motifs is 1. The van der Waals surface area contributed by atoms with Gasteiger partial charge in [0.2, 0.25) is 21.3 Å². The largest absolute Gasteiger partial charge is 0.458 e. The summed E-state index contributed by atoms with van der Waals surface area (Å²) in [6, 6.07) is 0. The molecule has 0 aromatic carbocycles. The molecule has 2 amide bonds. The maximum atomic E-state index is 12.8. The average molecular weight is 424 g/mol. The number of ether oxygens (including phenoxy) is 1. The summed E-state index contributed by atoms with van der Waals surface area (Å²) in [6.45, 7) is 2.40. The molecule has 2 saturated heterocycles. The van der Waals surface area contributed by atoms with Crippen molar-refractivity contribution in [2.24, 2.45) is 0 Å². The molecule has 0 saturated carbocycles. The van der Waals surface area contributed by atoms with Crippen LogP contribution in [-0.2, 0) is 19.1 Å². The van der Waals surface area contributed by atoms with Crippen molar-refractivity contribution in [2.45, 2.75) is 39.8 Å². The quantitative estimate of drug-likeness (QED) is 0.425. The molecule has 2 unspecified atom stereocenters. The van der Waals surface area contributed by atoms with E-state index in [1.54, 1.807) is 6.92 Å². The zero-order valence-corrected chi connectivity index (χ0v) is 16.0. The normalized spacial score (nSPS) is 33.0. The average Bonchev–Trinajstić information content (AvgIpc) is 2.60. The highest BCUT2D eigenvalue weighted by Gasteiger charge is 2.72. The van der Waals surface area contributed by atoms with Gasteiger partial charge in [0.1, 0.15) is 6.61 Å². The summed E-state index contributed by atoms with van der Waals surface area (Å²) in [7, 11) is 0. The van der Waals surface area contributed by atoms with Crippen LogP contribution in [0.25, 0.3) is 0 Å². The third-order valence-electron chi connectivity index (χ3n) is 3.70. The standard InChI is InChI=1S/C12H14Cl4N2O4S/c1-6(19)17-12(9(21)22-5-11(14,15)16)10(2,4-13)23-8-3-7(20)18(8)12/h8H,3-5H2,1-2H3,(H,17,19)/t8-,10?,12?/m1/s1. The highest BCUT2D eigenvalue weighted by Crippen LogP contribution is 2.56. The van der Waals surface area contributed by atoms with E-state index in [2.05, 4.69) is 5.32 Å². The Bertz CT molecular complexity index is 558. The topological polar surface area (TPSA) is 75.7 Å². The molecular weight excluding hydrogens is 410 g/mol. The summed E-state index contributed by atoms with van der Waals surface area (Å²) in [5, 5.41) is 2.29. The third kappa shape index (κ3) is 3.23. The number of β-lactam (4-membered cyclic amide) rings is 1. The van der Waals surface area contributed by atoms with Crippen LogP contribution in [0.5, 0.6) is 0 Å². The molecule has 0 spiro atoms. The van der Waals surface area contributed by atoms with Crippen LogP contribution in [0.1, 0.15) is 20.3 Å². The van der Waals surface area contributed by atoms with Crippen molar-refractivity contribution in [3.8, 4) is 0 Å². The third-order valence-corrected chi connectivity index (χ3v) is 6.33. The summed E-state index contributed by atoms with van der Waals surface area (Å²) in [4.78, 5) is 37.8. The molecule has 2 fully saturated rings. The molecule has 0 aromatic rings. The second-order valence-electron chi connectivity index (χ2n) is 5.49. The van der Waals surface area contributed by atoms with E-state index in [0.29, 0.717) is 0 Å². The molecule has 6 nitrogen and oxygen atoms in total. The van der Waals surface area contributed by atoms with Gasteiger partial charge in [-0.05, 0) is 6.92 Å². The molecule has 3 atom stereocenters. The Balaban J connectivity index is 2.42. The first-order chi connectivity index (χ1) is 10.5. The number of amides is 2. The van der Waals surface area contributed by atoms with E-state index >= 15 is 0 Å². The lowest BCUT2D eigenvalue weighted by Crippen LogP contribution is -2.76. The number of halogens is 4. The van der Waals surface area contributed by atoms with Gasteiger partial charge in [-0.25, -0.2) is 4.79 Å². The van der Waals surface area contributed by atoms with Gasteiger partial charge in [-0.2, -0.15) is 0 Å². The molecule has 1 N–H and O–H groups in total. The molecule has 130 valence electrons. The van der Waals surface area contributed by atoms with Crippen molar-refractivity contribution in [1.82, 2.24) is 10.2 Å². The SMILES string of the molecule is CC(=O)NC1(C(=O)OCC(Cl)(Cl)Cl)N2C(=O)C[C@H]2SC1(C)CCl. The molecular formula is C12H14Cl4N2O4S. The minimum absolute atomic E-state index is 0.00109. The molecule has 2 heterocycles. The summed E-state index contributed by atoms with van der Waals surface area (Å²) >= 11 is 24.2. The fourth-order valence-electron chi connectivity index (χ4n) is 2.72. The maximum Gasteiger partial charge on any atom is 0.354 e. The number of nitrogens with zero attached hydrogens (tertiary/aromatic N) is 1. The number of carbonyl (C=O) groups excluding carboxylic acids is 3. The van der Waals surface area contributed by atoms with Crippen LogP contribution in [-0.4, -0.2) is 54.7 Å². The lowest BCUT2D eigenvalue weighted by molar-refractivity contribution is -0.177.